The summed E-state index contributed by atoms with van der Waals surface area (Å²) in [5.41, 5.74) is 8.95. The molecule has 0 fully saturated rings. The molecule has 6 N–H and O–H groups in total. The summed E-state index contributed by atoms with van der Waals surface area (Å²) < 4.78 is 0. The van der Waals surface area contributed by atoms with Crippen LogP contribution in [0.2, 0.25) is 0 Å². The molecule has 0 rings (SSSR count). The van der Waals surface area contributed by atoms with E-state index in [1.54, 1.807) is 6.92 Å². The van der Waals surface area contributed by atoms with Crippen molar-refractivity contribution in [1.29, 1.82) is 0 Å². The summed E-state index contributed by atoms with van der Waals surface area (Å²) in [6, 6.07) is 0. The second-order valence-electron chi connectivity index (χ2n) is 2.53. The SMILES string of the molecule is CCCC(N)(N)C(=O)C(O)O. The van der Waals surface area contributed by atoms with Crippen LogP contribution < -0.4 is 11.5 Å². The molecule has 0 aromatic rings. The number of aliphatic hydroxyl groups excluding tert-OH is 1. The summed E-state index contributed by atoms with van der Waals surface area (Å²) in [5.74, 6) is -0.945. The number of ketones is 1. The third-order valence-corrected chi connectivity index (χ3v) is 1.36. The molecule has 66 valence electrons. The lowest BCUT2D eigenvalue weighted by molar-refractivity contribution is -0.150. The minimum absolute atomic E-state index is 0.240. The Labute approximate surface area is 65.0 Å². The molecule has 0 saturated carbocycles. The fraction of sp³-hybridized carbons (Fsp3) is 0.833. The zero-order valence-corrected chi connectivity index (χ0v) is 6.45. The molecule has 0 heterocycles. The van der Waals surface area contributed by atoms with Gasteiger partial charge in [0, 0.05) is 0 Å². The lowest BCUT2D eigenvalue weighted by Crippen LogP contribution is -2.59. The van der Waals surface area contributed by atoms with Crippen LogP contribution in [0.25, 0.3) is 0 Å². The smallest absolute Gasteiger partial charge is 0.222 e. The van der Waals surface area contributed by atoms with Gasteiger partial charge in [0.15, 0.2) is 0 Å². The number of hydrogen-bond donors (Lipinski definition) is 4. The zero-order chi connectivity index (χ0) is 9.07. The summed E-state index contributed by atoms with van der Waals surface area (Å²) in [4.78, 5) is 10.8. The Kier molecular flexibility index (Phi) is 3.61. The first-order valence-corrected chi connectivity index (χ1v) is 3.40. The van der Waals surface area contributed by atoms with Crippen molar-refractivity contribution in [3.05, 3.63) is 0 Å². The Morgan fingerprint density at radius 2 is 2.00 bits per heavy atom. The highest BCUT2D eigenvalue weighted by molar-refractivity contribution is 5.89. The van der Waals surface area contributed by atoms with Crippen molar-refractivity contribution >= 4 is 5.78 Å². The molecule has 0 bridgehead atoms. The van der Waals surface area contributed by atoms with Gasteiger partial charge in [-0.15, -0.1) is 0 Å². The van der Waals surface area contributed by atoms with Gasteiger partial charge in [0.25, 0.3) is 0 Å². The number of rotatable bonds is 4. The van der Waals surface area contributed by atoms with Crippen LogP contribution in [0.5, 0.6) is 0 Å². The fourth-order valence-corrected chi connectivity index (χ4v) is 0.777. The van der Waals surface area contributed by atoms with Gasteiger partial charge in [0.05, 0.1) is 0 Å². The van der Waals surface area contributed by atoms with E-state index in [0.29, 0.717) is 6.42 Å². The maximum atomic E-state index is 10.8. The van der Waals surface area contributed by atoms with Crippen molar-refractivity contribution in [3.63, 3.8) is 0 Å². The average Bonchev–Trinajstić information content (AvgIpc) is 1.86. The molecule has 0 unspecified atom stereocenters. The Hall–Kier alpha value is -0.490. The van der Waals surface area contributed by atoms with Crippen LogP contribution in [0.15, 0.2) is 0 Å². The van der Waals surface area contributed by atoms with E-state index in [-0.39, 0.29) is 6.42 Å². The maximum absolute atomic E-state index is 10.8. The number of aliphatic hydroxyl groups is 2. The standard InChI is InChI=1S/C6H14N2O3/c1-2-3-6(7,8)4(9)5(10)11/h5,10-11H,2-3,7-8H2,1H3. The highest BCUT2D eigenvalue weighted by atomic mass is 16.5. The van der Waals surface area contributed by atoms with Gasteiger partial charge in [0.2, 0.25) is 12.1 Å². The van der Waals surface area contributed by atoms with Crippen molar-refractivity contribution in [2.24, 2.45) is 11.5 Å². The van der Waals surface area contributed by atoms with Gasteiger partial charge >= 0.3 is 0 Å². The summed E-state index contributed by atoms with van der Waals surface area (Å²) in [6.45, 7) is 1.80. The van der Waals surface area contributed by atoms with Crippen LogP contribution in [-0.2, 0) is 4.79 Å². The number of hydrogen-bond acceptors (Lipinski definition) is 5. The first-order valence-electron chi connectivity index (χ1n) is 3.40. The Morgan fingerprint density at radius 1 is 1.55 bits per heavy atom. The minimum Gasteiger partial charge on any atom is -0.362 e. The molecule has 0 aromatic heterocycles. The van der Waals surface area contributed by atoms with Crippen molar-refractivity contribution < 1.29 is 15.0 Å². The van der Waals surface area contributed by atoms with Gasteiger partial charge in [-0.2, -0.15) is 0 Å². The normalized spacial score (nSPS) is 12.2. The van der Waals surface area contributed by atoms with E-state index < -0.39 is 17.7 Å². The van der Waals surface area contributed by atoms with E-state index in [4.69, 9.17) is 21.7 Å². The van der Waals surface area contributed by atoms with Gasteiger partial charge in [-0.25, -0.2) is 0 Å². The first kappa shape index (κ1) is 10.5. The van der Waals surface area contributed by atoms with Crippen LogP contribution in [0.3, 0.4) is 0 Å². The first-order chi connectivity index (χ1) is 4.91. The molecule has 0 amide bonds. The maximum Gasteiger partial charge on any atom is 0.222 e. The van der Waals surface area contributed by atoms with Crippen LogP contribution in [0, 0.1) is 0 Å². The largest absolute Gasteiger partial charge is 0.362 e. The lowest BCUT2D eigenvalue weighted by Gasteiger charge is -2.22. The Morgan fingerprint density at radius 3 is 2.27 bits per heavy atom. The molecule has 0 aliphatic carbocycles. The third kappa shape index (κ3) is 2.94. The molecule has 5 nitrogen and oxygen atoms in total. The predicted molar refractivity (Wildman–Crippen MR) is 39.2 cm³/mol. The zero-order valence-electron chi connectivity index (χ0n) is 6.45. The topological polar surface area (TPSA) is 110 Å². The second-order valence-corrected chi connectivity index (χ2v) is 2.53. The van der Waals surface area contributed by atoms with E-state index >= 15 is 0 Å². The fourth-order valence-electron chi connectivity index (χ4n) is 0.777. The number of Topliss-reactive ketones (excluding diaryl/α,β-unsaturated/α-hetero) is 1. The Bertz CT molecular complexity index is 145. The van der Waals surface area contributed by atoms with Crippen LogP contribution in [0.4, 0.5) is 0 Å². The number of nitrogens with two attached hydrogens (primary N) is 2. The van der Waals surface area contributed by atoms with Crippen molar-refractivity contribution in [3.8, 4) is 0 Å². The van der Waals surface area contributed by atoms with E-state index in [9.17, 15) is 4.79 Å². The molecule has 11 heavy (non-hydrogen) atoms. The molecular formula is C6H14N2O3. The summed E-state index contributed by atoms with van der Waals surface area (Å²) in [7, 11) is 0. The summed E-state index contributed by atoms with van der Waals surface area (Å²) in [6.07, 6.45) is -1.22. The van der Waals surface area contributed by atoms with Gasteiger partial charge in [0.1, 0.15) is 5.66 Å². The number of carbonyl (C=O) groups excluding carboxylic acids is 1. The molecule has 0 spiro atoms. The summed E-state index contributed by atoms with van der Waals surface area (Å²) >= 11 is 0. The van der Waals surface area contributed by atoms with Gasteiger partial charge in [-0.05, 0) is 6.42 Å². The molecule has 0 saturated heterocycles. The molecule has 0 aliphatic rings. The third-order valence-electron chi connectivity index (χ3n) is 1.36. The predicted octanol–water partition coefficient (Wildman–Crippen LogP) is -1.72. The molecule has 0 atom stereocenters. The van der Waals surface area contributed by atoms with Crippen molar-refractivity contribution in [2.45, 2.75) is 31.7 Å². The van der Waals surface area contributed by atoms with E-state index in [2.05, 4.69) is 0 Å². The van der Waals surface area contributed by atoms with Gasteiger partial charge in [-0.1, -0.05) is 13.3 Å². The highest BCUT2D eigenvalue weighted by Gasteiger charge is 2.32. The van der Waals surface area contributed by atoms with Gasteiger partial charge < -0.3 is 21.7 Å². The van der Waals surface area contributed by atoms with Crippen molar-refractivity contribution in [2.75, 3.05) is 0 Å². The molecule has 0 aromatic carbocycles. The quantitative estimate of drug-likeness (QED) is 0.367. The van der Waals surface area contributed by atoms with E-state index in [1.165, 1.54) is 0 Å². The molecule has 0 radical (unpaired) electrons. The minimum atomic E-state index is -2.07. The van der Waals surface area contributed by atoms with Crippen LogP contribution >= 0.6 is 0 Å². The van der Waals surface area contributed by atoms with Crippen LogP contribution in [-0.4, -0.2) is 27.9 Å². The highest BCUT2D eigenvalue weighted by Crippen LogP contribution is 2.04. The molecule has 0 aliphatic heterocycles. The van der Waals surface area contributed by atoms with Gasteiger partial charge in [-0.3, -0.25) is 4.79 Å². The lowest BCUT2D eigenvalue weighted by atomic mass is 10.0. The average molecular weight is 162 g/mol. The summed E-state index contributed by atoms with van der Waals surface area (Å²) in [5, 5.41) is 16.9. The second kappa shape index (κ2) is 3.77. The Balaban J connectivity index is 4.17. The number of carbonyl (C=O) groups is 1. The monoisotopic (exact) mass is 162 g/mol. The molecule has 5 heteroatoms. The van der Waals surface area contributed by atoms with Crippen LogP contribution in [0.1, 0.15) is 19.8 Å². The van der Waals surface area contributed by atoms with E-state index in [1.807, 2.05) is 0 Å². The molecular weight excluding hydrogens is 148 g/mol. The van der Waals surface area contributed by atoms with E-state index in [0.717, 1.165) is 0 Å². The van der Waals surface area contributed by atoms with Crippen molar-refractivity contribution in [1.82, 2.24) is 0 Å².